The van der Waals surface area contributed by atoms with E-state index in [1.165, 1.54) is 17.2 Å². The van der Waals surface area contributed by atoms with Crippen molar-refractivity contribution in [2.75, 3.05) is 6.61 Å². The number of ether oxygens (including phenoxy) is 1. The van der Waals surface area contributed by atoms with E-state index in [9.17, 15) is 4.39 Å². The van der Waals surface area contributed by atoms with E-state index in [-0.39, 0.29) is 0 Å². The van der Waals surface area contributed by atoms with E-state index in [0.29, 0.717) is 17.2 Å². The van der Waals surface area contributed by atoms with Crippen LogP contribution in [0.25, 0.3) is 0 Å². The predicted molar refractivity (Wildman–Crippen MR) is 123 cm³/mol. The van der Waals surface area contributed by atoms with Gasteiger partial charge in [0.05, 0.1) is 5.56 Å². The highest BCUT2D eigenvalue weighted by Crippen LogP contribution is 2.16. The minimum absolute atomic E-state index is 0.345. The van der Waals surface area contributed by atoms with Crippen LogP contribution in [-0.4, -0.2) is 6.61 Å². The average molecular weight is 419 g/mol. The van der Waals surface area contributed by atoms with Crippen molar-refractivity contribution in [3.8, 4) is 17.6 Å². The van der Waals surface area contributed by atoms with Gasteiger partial charge in [-0.2, -0.15) is 0 Å². The molecule has 0 saturated heterocycles. The van der Waals surface area contributed by atoms with E-state index < -0.39 is 5.82 Å². The van der Waals surface area contributed by atoms with Crippen molar-refractivity contribution in [2.45, 2.75) is 26.2 Å². The molecule has 0 aliphatic rings. The van der Waals surface area contributed by atoms with Crippen molar-refractivity contribution < 1.29 is 9.13 Å². The standard InChI is InChI=1S/C27H24ClFO/c1-2-3-4-19-30-26-17-12-23(13-18-26)10-7-21-5-8-22(9-6-21)11-14-24-15-16-25(28)20-27(24)29/h3-6,8-9,12-13,15-18,20H,2,7,10,19H2,1H3/b4-3+. The van der Waals surface area contributed by atoms with E-state index >= 15 is 0 Å². The van der Waals surface area contributed by atoms with Crippen LogP contribution in [0.5, 0.6) is 5.75 Å². The number of hydrogen-bond donors (Lipinski definition) is 0. The molecule has 3 rings (SSSR count). The summed E-state index contributed by atoms with van der Waals surface area (Å²) in [5, 5.41) is 0.369. The SMILES string of the molecule is CC/C=C/COc1ccc(CCc2ccc(C#Cc3ccc(Cl)cc3F)cc2)cc1. The van der Waals surface area contributed by atoms with E-state index in [2.05, 4.69) is 49.1 Å². The summed E-state index contributed by atoms with van der Waals surface area (Å²) in [6, 6.07) is 20.8. The summed E-state index contributed by atoms with van der Waals surface area (Å²) < 4.78 is 19.5. The Balaban J connectivity index is 1.52. The summed E-state index contributed by atoms with van der Waals surface area (Å²) in [6.45, 7) is 2.71. The lowest BCUT2D eigenvalue weighted by Crippen LogP contribution is -1.95. The number of benzene rings is 3. The Morgan fingerprint density at radius 3 is 2.17 bits per heavy atom. The second kappa shape index (κ2) is 11.2. The monoisotopic (exact) mass is 418 g/mol. The molecule has 3 aromatic rings. The van der Waals surface area contributed by atoms with Crippen LogP contribution in [0.4, 0.5) is 4.39 Å². The molecule has 0 heterocycles. The summed E-state index contributed by atoms with van der Waals surface area (Å²) in [5.74, 6) is 6.35. The zero-order valence-electron chi connectivity index (χ0n) is 17.0. The molecule has 0 aromatic heterocycles. The van der Waals surface area contributed by atoms with Gasteiger partial charge in [-0.15, -0.1) is 0 Å². The van der Waals surface area contributed by atoms with Crippen molar-refractivity contribution in [1.29, 1.82) is 0 Å². The number of rotatable bonds is 7. The molecule has 0 amide bonds. The van der Waals surface area contributed by atoms with Crippen LogP contribution in [-0.2, 0) is 12.8 Å². The molecule has 3 aromatic carbocycles. The van der Waals surface area contributed by atoms with Crippen molar-refractivity contribution >= 4 is 11.6 Å². The molecule has 0 N–H and O–H groups in total. The number of aryl methyl sites for hydroxylation is 2. The Morgan fingerprint density at radius 2 is 1.53 bits per heavy atom. The lowest BCUT2D eigenvalue weighted by Gasteiger charge is -2.06. The molecule has 0 atom stereocenters. The molecular formula is C27H24ClFO. The topological polar surface area (TPSA) is 9.23 Å². The Morgan fingerprint density at radius 1 is 0.867 bits per heavy atom. The zero-order valence-corrected chi connectivity index (χ0v) is 17.8. The van der Waals surface area contributed by atoms with Gasteiger partial charge in [0, 0.05) is 10.6 Å². The van der Waals surface area contributed by atoms with Crippen LogP contribution < -0.4 is 4.74 Å². The Hall–Kier alpha value is -3.02. The highest BCUT2D eigenvalue weighted by molar-refractivity contribution is 6.30. The highest BCUT2D eigenvalue weighted by atomic mass is 35.5. The fourth-order valence-electron chi connectivity index (χ4n) is 2.91. The van der Waals surface area contributed by atoms with E-state index in [0.717, 1.165) is 30.6 Å². The minimum atomic E-state index is -0.402. The average Bonchev–Trinajstić information content (AvgIpc) is 2.76. The highest BCUT2D eigenvalue weighted by Gasteiger charge is 2.00. The molecular weight excluding hydrogens is 395 g/mol. The molecule has 0 radical (unpaired) electrons. The summed E-state index contributed by atoms with van der Waals surface area (Å²) in [6.07, 6.45) is 7.06. The molecule has 0 aliphatic heterocycles. The van der Waals surface area contributed by atoms with Gasteiger partial charge in [-0.3, -0.25) is 0 Å². The second-order valence-electron chi connectivity index (χ2n) is 6.91. The maximum atomic E-state index is 13.8. The van der Waals surface area contributed by atoms with Crippen LogP contribution >= 0.6 is 11.6 Å². The first-order valence-corrected chi connectivity index (χ1v) is 10.4. The smallest absolute Gasteiger partial charge is 0.140 e. The van der Waals surface area contributed by atoms with Gasteiger partial charge in [0.25, 0.3) is 0 Å². The van der Waals surface area contributed by atoms with Gasteiger partial charge in [0.2, 0.25) is 0 Å². The third kappa shape index (κ3) is 6.79. The van der Waals surface area contributed by atoms with E-state index in [4.69, 9.17) is 16.3 Å². The van der Waals surface area contributed by atoms with Crippen LogP contribution in [0, 0.1) is 17.7 Å². The number of halogens is 2. The second-order valence-corrected chi connectivity index (χ2v) is 7.34. The van der Waals surface area contributed by atoms with Gasteiger partial charge >= 0.3 is 0 Å². The van der Waals surface area contributed by atoms with Gasteiger partial charge in [-0.1, -0.05) is 66.8 Å². The summed E-state index contributed by atoms with van der Waals surface area (Å²) in [5.41, 5.74) is 3.71. The third-order valence-corrected chi connectivity index (χ3v) is 4.84. The summed E-state index contributed by atoms with van der Waals surface area (Å²) in [7, 11) is 0. The molecule has 152 valence electrons. The van der Waals surface area contributed by atoms with Gasteiger partial charge in [-0.25, -0.2) is 4.39 Å². The summed E-state index contributed by atoms with van der Waals surface area (Å²) in [4.78, 5) is 0. The van der Waals surface area contributed by atoms with E-state index in [1.807, 2.05) is 30.3 Å². The first kappa shape index (κ1) is 21.7. The van der Waals surface area contributed by atoms with Crippen molar-refractivity contribution in [3.63, 3.8) is 0 Å². The summed E-state index contributed by atoms with van der Waals surface area (Å²) >= 11 is 5.77. The predicted octanol–water partition coefficient (Wildman–Crippen LogP) is 7.01. The normalized spacial score (nSPS) is 10.6. The zero-order chi connectivity index (χ0) is 21.2. The van der Waals surface area contributed by atoms with Crippen molar-refractivity contribution in [2.24, 2.45) is 0 Å². The van der Waals surface area contributed by atoms with Gasteiger partial charge < -0.3 is 4.74 Å². The molecule has 3 heteroatoms. The molecule has 0 bridgehead atoms. The first-order valence-electron chi connectivity index (χ1n) is 10.1. The molecule has 0 unspecified atom stereocenters. The van der Waals surface area contributed by atoms with Gasteiger partial charge in [-0.05, 0) is 72.9 Å². The van der Waals surface area contributed by atoms with E-state index in [1.54, 1.807) is 12.1 Å². The molecule has 30 heavy (non-hydrogen) atoms. The van der Waals surface area contributed by atoms with Gasteiger partial charge in [0.1, 0.15) is 18.2 Å². The van der Waals surface area contributed by atoms with Crippen LogP contribution in [0.15, 0.2) is 78.9 Å². The third-order valence-electron chi connectivity index (χ3n) is 4.60. The maximum Gasteiger partial charge on any atom is 0.140 e. The van der Waals surface area contributed by atoms with Crippen LogP contribution in [0.3, 0.4) is 0 Å². The lowest BCUT2D eigenvalue weighted by atomic mass is 10.0. The van der Waals surface area contributed by atoms with Crippen molar-refractivity contribution in [1.82, 2.24) is 0 Å². The lowest BCUT2D eigenvalue weighted by molar-refractivity contribution is 0.362. The Labute approximate surface area is 183 Å². The minimum Gasteiger partial charge on any atom is -0.490 e. The number of hydrogen-bond acceptors (Lipinski definition) is 1. The fourth-order valence-corrected chi connectivity index (χ4v) is 3.06. The molecule has 0 spiro atoms. The molecule has 0 saturated carbocycles. The fraction of sp³-hybridized carbons (Fsp3) is 0.185. The quantitative estimate of drug-likeness (QED) is 0.296. The molecule has 0 aliphatic carbocycles. The molecule has 1 nitrogen and oxygen atoms in total. The Bertz CT molecular complexity index is 1040. The van der Waals surface area contributed by atoms with Gasteiger partial charge in [0.15, 0.2) is 0 Å². The van der Waals surface area contributed by atoms with Crippen LogP contribution in [0.1, 0.15) is 35.6 Å². The number of allylic oxidation sites excluding steroid dienone is 1. The Kier molecular flexibility index (Phi) is 8.12. The first-order chi connectivity index (χ1) is 14.6. The van der Waals surface area contributed by atoms with Crippen molar-refractivity contribution in [3.05, 3.63) is 112 Å². The molecule has 0 fully saturated rings. The largest absolute Gasteiger partial charge is 0.490 e. The maximum absolute atomic E-state index is 13.8. The van der Waals surface area contributed by atoms with Crippen LogP contribution in [0.2, 0.25) is 5.02 Å².